The first-order valence-corrected chi connectivity index (χ1v) is 11.1. The largest absolute Gasteiger partial charge is 0.462 e. The van der Waals surface area contributed by atoms with Gasteiger partial charge >= 0.3 is 5.97 Å². The second-order valence-electron chi connectivity index (χ2n) is 6.06. The number of carbonyl (C=O) groups is 2. The van der Waals surface area contributed by atoms with Crippen LogP contribution in [0.1, 0.15) is 22.8 Å². The number of fused-ring (bicyclic) bond motifs is 1. The van der Waals surface area contributed by atoms with E-state index in [4.69, 9.17) is 4.74 Å². The summed E-state index contributed by atoms with van der Waals surface area (Å²) in [6.07, 6.45) is 1.23. The summed E-state index contributed by atoms with van der Waals surface area (Å²) in [5.41, 5.74) is 1.79. The summed E-state index contributed by atoms with van der Waals surface area (Å²) >= 11 is 1.26. The molecule has 3 aromatic rings. The molecule has 0 fully saturated rings. The molecule has 146 valence electrons. The van der Waals surface area contributed by atoms with E-state index >= 15 is 0 Å². The van der Waals surface area contributed by atoms with Crippen LogP contribution in [0.15, 0.2) is 47.4 Å². The molecule has 7 nitrogen and oxygen atoms in total. The minimum atomic E-state index is -3.27. The van der Waals surface area contributed by atoms with Gasteiger partial charge in [-0.05, 0) is 42.8 Å². The van der Waals surface area contributed by atoms with E-state index in [-0.39, 0.29) is 17.2 Å². The molecule has 0 saturated heterocycles. The zero-order chi connectivity index (χ0) is 20.3. The Morgan fingerprint density at radius 2 is 1.86 bits per heavy atom. The van der Waals surface area contributed by atoms with Crippen LogP contribution >= 0.6 is 11.3 Å². The van der Waals surface area contributed by atoms with Crippen LogP contribution in [-0.2, 0) is 25.8 Å². The Bertz CT molecular complexity index is 1130. The molecule has 1 N–H and O–H groups in total. The summed E-state index contributed by atoms with van der Waals surface area (Å²) in [6, 6.07) is 11.2. The topological polar surface area (TPSA) is 102 Å². The second kappa shape index (κ2) is 8.07. The molecular formula is C19H18N2O5S2. The molecule has 3 rings (SSSR count). The fourth-order valence-electron chi connectivity index (χ4n) is 2.52. The van der Waals surface area contributed by atoms with E-state index in [9.17, 15) is 18.0 Å². The van der Waals surface area contributed by atoms with Crippen molar-refractivity contribution in [2.24, 2.45) is 0 Å². The monoisotopic (exact) mass is 418 g/mol. The number of esters is 1. The summed E-state index contributed by atoms with van der Waals surface area (Å²) < 4.78 is 28.7. The Morgan fingerprint density at radius 1 is 1.14 bits per heavy atom. The highest BCUT2D eigenvalue weighted by Gasteiger charge is 2.13. The van der Waals surface area contributed by atoms with Gasteiger partial charge in [-0.25, -0.2) is 18.2 Å². The van der Waals surface area contributed by atoms with Crippen molar-refractivity contribution >= 4 is 48.4 Å². The predicted octanol–water partition coefficient (Wildman–Crippen LogP) is 3.06. The average Bonchev–Trinajstić information content (AvgIpc) is 3.02. The van der Waals surface area contributed by atoms with Crippen molar-refractivity contribution in [3.63, 3.8) is 0 Å². The van der Waals surface area contributed by atoms with Crippen molar-refractivity contribution in [3.05, 3.63) is 53.6 Å². The Kier molecular flexibility index (Phi) is 5.76. The van der Waals surface area contributed by atoms with Crippen molar-refractivity contribution in [2.45, 2.75) is 18.2 Å². The van der Waals surface area contributed by atoms with E-state index in [2.05, 4.69) is 10.3 Å². The number of aromatic nitrogens is 1. The van der Waals surface area contributed by atoms with E-state index in [1.54, 1.807) is 37.3 Å². The van der Waals surface area contributed by atoms with Crippen LogP contribution in [0.2, 0.25) is 0 Å². The van der Waals surface area contributed by atoms with Gasteiger partial charge in [0.05, 0.1) is 33.7 Å². The van der Waals surface area contributed by atoms with Crippen LogP contribution < -0.4 is 5.32 Å². The van der Waals surface area contributed by atoms with Gasteiger partial charge < -0.3 is 10.1 Å². The lowest BCUT2D eigenvalue weighted by atomic mass is 10.1. The van der Waals surface area contributed by atoms with Crippen LogP contribution in [0, 0.1) is 0 Å². The average molecular weight is 418 g/mol. The number of hydrogen-bond donors (Lipinski definition) is 1. The molecule has 9 heteroatoms. The molecular weight excluding hydrogens is 400 g/mol. The fourth-order valence-corrected chi connectivity index (χ4v) is 4.07. The van der Waals surface area contributed by atoms with Crippen molar-refractivity contribution in [1.29, 1.82) is 0 Å². The molecule has 0 unspecified atom stereocenters. The summed E-state index contributed by atoms with van der Waals surface area (Å²) in [6.45, 7) is 2.04. The highest BCUT2D eigenvalue weighted by atomic mass is 32.2. The first-order valence-electron chi connectivity index (χ1n) is 8.43. The van der Waals surface area contributed by atoms with E-state index in [1.807, 2.05) is 0 Å². The lowest BCUT2D eigenvalue weighted by Gasteiger charge is -2.03. The van der Waals surface area contributed by atoms with Crippen LogP contribution in [0.4, 0.5) is 5.13 Å². The molecule has 0 aliphatic rings. The minimum absolute atomic E-state index is 0.0913. The smallest absolute Gasteiger partial charge is 0.338 e. The van der Waals surface area contributed by atoms with E-state index < -0.39 is 15.8 Å². The third-order valence-corrected chi connectivity index (χ3v) is 5.92. The third kappa shape index (κ3) is 4.73. The number of nitrogens with zero attached hydrogens (tertiary/aromatic N) is 1. The van der Waals surface area contributed by atoms with Crippen LogP contribution in [-0.4, -0.2) is 38.1 Å². The molecule has 0 spiro atoms. The summed E-state index contributed by atoms with van der Waals surface area (Å²) in [5.74, 6) is -0.669. The molecule has 0 atom stereocenters. The highest BCUT2D eigenvalue weighted by Crippen LogP contribution is 2.27. The van der Waals surface area contributed by atoms with Gasteiger partial charge in [0.25, 0.3) is 0 Å². The first-order chi connectivity index (χ1) is 13.3. The number of anilines is 1. The standard InChI is InChI=1S/C19H18N2O5S2/c1-3-26-18(23)13-6-9-15-16(11-13)27-19(20-15)21-17(22)10-12-4-7-14(8-5-12)28(2,24)25/h4-9,11H,3,10H2,1-2H3,(H,20,21,22). The molecule has 1 aromatic heterocycles. The summed E-state index contributed by atoms with van der Waals surface area (Å²) in [4.78, 5) is 28.6. The molecule has 28 heavy (non-hydrogen) atoms. The minimum Gasteiger partial charge on any atom is -0.462 e. The highest BCUT2D eigenvalue weighted by molar-refractivity contribution is 7.90. The van der Waals surface area contributed by atoms with Crippen LogP contribution in [0.5, 0.6) is 0 Å². The lowest BCUT2D eigenvalue weighted by molar-refractivity contribution is -0.115. The number of benzene rings is 2. The second-order valence-corrected chi connectivity index (χ2v) is 9.11. The van der Waals surface area contributed by atoms with Gasteiger partial charge in [-0.1, -0.05) is 23.5 Å². The number of hydrogen-bond acceptors (Lipinski definition) is 7. The fraction of sp³-hybridized carbons (Fsp3) is 0.211. The van der Waals surface area contributed by atoms with Gasteiger partial charge in [-0.3, -0.25) is 4.79 Å². The number of thiazole rings is 1. The normalized spacial score (nSPS) is 11.4. The molecule has 0 aliphatic heterocycles. The Hall–Kier alpha value is -2.78. The molecule has 1 heterocycles. The van der Waals surface area contributed by atoms with E-state index in [0.717, 1.165) is 11.0 Å². The maximum Gasteiger partial charge on any atom is 0.338 e. The third-order valence-electron chi connectivity index (χ3n) is 3.86. The summed E-state index contributed by atoms with van der Waals surface area (Å²) in [7, 11) is -3.27. The summed E-state index contributed by atoms with van der Waals surface area (Å²) in [5, 5.41) is 3.16. The molecule has 0 radical (unpaired) electrons. The zero-order valence-corrected chi connectivity index (χ0v) is 16.9. The molecule has 2 aromatic carbocycles. The van der Waals surface area contributed by atoms with Gasteiger partial charge in [-0.2, -0.15) is 0 Å². The van der Waals surface area contributed by atoms with Gasteiger partial charge in [0.15, 0.2) is 15.0 Å². The van der Waals surface area contributed by atoms with Crippen molar-refractivity contribution in [1.82, 2.24) is 4.98 Å². The number of amides is 1. The van der Waals surface area contributed by atoms with Crippen molar-refractivity contribution in [3.8, 4) is 0 Å². The Morgan fingerprint density at radius 3 is 2.50 bits per heavy atom. The predicted molar refractivity (Wildman–Crippen MR) is 107 cm³/mol. The lowest BCUT2D eigenvalue weighted by Crippen LogP contribution is -2.14. The van der Waals surface area contributed by atoms with Crippen molar-refractivity contribution < 1.29 is 22.7 Å². The molecule has 1 amide bonds. The SMILES string of the molecule is CCOC(=O)c1ccc2nc(NC(=O)Cc3ccc(S(C)(=O)=O)cc3)sc2c1. The first kappa shape index (κ1) is 20.0. The van der Waals surface area contributed by atoms with Gasteiger partial charge in [0, 0.05) is 6.26 Å². The number of ether oxygens (including phenoxy) is 1. The van der Waals surface area contributed by atoms with E-state index in [1.165, 1.54) is 23.5 Å². The molecule has 0 saturated carbocycles. The Labute approximate surface area is 166 Å². The quantitative estimate of drug-likeness (QED) is 0.617. The number of rotatable bonds is 6. The number of sulfone groups is 1. The van der Waals surface area contributed by atoms with E-state index in [0.29, 0.717) is 28.4 Å². The maximum absolute atomic E-state index is 12.3. The Balaban J connectivity index is 1.70. The zero-order valence-electron chi connectivity index (χ0n) is 15.3. The van der Waals surface area contributed by atoms with Gasteiger partial charge in [-0.15, -0.1) is 0 Å². The van der Waals surface area contributed by atoms with Crippen LogP contribution in [0.25, 0.3) is 10.2 Å². The van der Waals surface area contributed by atoms with Gasteiger partial charge in [0.2, 0.25) is 5.91 Å². The van der Waals surface area contributed by atoms with Gasteiger partial charge in [0.1, 0.15) is 0 Å². The van der Waals surface area contributed by atoms with Crippen LogP contribution in [0.3, 0.4) is 0 Å². The number of nitrogens with one attached hydrogen (secondary N) is 1. The molecule has 0 bridgehead atoms. The van der Waals surface area contributed by atoms with Crippen molar-refractivity contribution in [2.75, 3.05) is 18.2 Å². The molecule has 0 aliphatic carbocycles. The maximum atomic E-state index is 12.3. The number of carbonyl (C=O) groups excluding carboxylic acids is 2.